The highest BCUT2D eigenvalue weighted by Gasteiger charge is 2.22. The molecule has 158 valence electrons. The molecule has 3 aromatic rings. The molecule has 0 spiro atoms. The van der Waals surface area contributed by atoms with Gasteiger partial charge in [-0.05, 0) is 48.6 Å². The first-order valence-corrected chi connectivity index (χ1v) is 12.9. The van der Waals surface area contributed by atoms with Crippen LogP contribution in [-0.4, -0.2) is 22.9 Å². The zero-order valence-electron chi connectivity index (χ0n) is 16.4. The Labute approximate surface area is 177 Å². The molecule has 0 bridgehead atoms. The summed E-state index contributed by atoms with van der Waals surface area (Å²) >= 11 is 0. The van der Waals surface area contributed by atoms with Gasteiger partial charge in [0.05, 0.1) is 9.79 Å². The van der Waals surface area contributed by atoms with E-state index in [-0.39, 0.29) is 15.8 Å². The molecule has 0 unspecified atom stereocenters. The number of hydrogen-bond acceptors (Lipinski definition) is 4. The molecular weight excluding hydrogens is 420 g/mol. The van der Waals surface area contributed by atoms with Gasteiger partial charge in [0.15, 0.2) is 0 Å². The Bertz CT molecular complexity index is 1240. The maximum Gasteiger partial charge on any atom is 0.262 e. The first-order valence-electron chi connectivity index (χ1n) is 9.98. The Kier molecular flexibility index (Phi) is 5.81. The maximum absolute atomic E-state index is 12.9. The van der Waals surface area contributed by atoms with Crippen LogP contribution in [0.2, 0.25) is 0 Å². The molecule has 2 N–H and O–H groups in total. The number of rotatable bonds is 6. The SMILES string of the molecule is O=S(=O)(NC1CCCCC1)c1ccc(NS(=O)(=O)c2cccc3ccccc23)cc1. The third-order valence-electron chi connectivity index (χ3n) is 5.38. The highest BCUT2D eigenvalue weighted by atomic mass is 32.2. The van der Waals surface area contributed by atoms with Crippen LogP contribution in [0.25, 0.3) is 10.8 Å². The molecule has 6 nitrogen and oxygen atoms in total. The molecule has 0 heterocycles. The van der Waals surface area contributed by atoms with Crippen LogP contribution in [-0.2, 0) is 20.0 Å². The van der Waals surface area contributed by atoms with Crippen molar-refractivity contribution in [2.24, 2.45) is 0 Å². The summed E-state index contributed by atoms with van der Waals surface area (Å²) in [6.07, 6.45) is 4.90. The third-order valence-corrected chi connectivity index (χ3v) is 8.36. The van der Waals surface area contributed by atoms with Gasteiger partial charge in [-0.15, -0.1) is 0 Å². The molecule has 1 aliphatic carbocycles. The lowest BCUT2D eigenvalue weighted by atomic mass is 9.96. The van der Waals surface area contributed by atoms with Gasteiger partial charge in [-0.3, -0.25) is 4.72 Å². The number of fused-ring (bicyclic) bond motifs is 1. The van der Waals surface area contributed by atoms with Gasteiger partial charge < -0.3 is 0 Å². The standard InChI is InChI=1S/C22H24N2O4S2/c25-29(26,23-18-9-2-1-3-10-18)20-15-13-19(14-16-20)24-30(27,28)22-12-6-8-17-7-4-5-11-21(17)22/h4-8,11-16,18,23-24H,1-3,9-10H2. The van der Waals surface area contributed by atoms with Crippen molar-refractivity contribution >= 4 is 36.5 Å². The van der Waals surface area contributed by atoms with Gasteiger partial charge in [0.2, 0.25) is 10.0 Å². The van der Waals surface area contributed by atoms with E-state index in [0.29, 0.717) is 11.1 Å². The van der Waals surface area contributed by atoms with Crippen LogP contribution >= 0.6 is 0 Å². The van der Waals surface area contributed by atoms with Crippen molar-refractivity contribution in [2.45, 2.75) is 47.9 Å². The van der Waals surface area contributed by atoms with Crippen molar-refractivity contribution in [3.63, 3.8) is 0 Å². The Morgan fingerprint density at radius 1 is 0.700 bits per heavy atom. The molecule has 0 saturated heterocycles. The molecule has 30 heavy (non-hydrogen) atoms. The molecule has 0 radical (unpaired) electrons. The molecule has 0 amide bonds. The summed E-state index contributed by atoms with van der Waals surface area (Å²) in [5, 5.41) is 1.46. The summed E-state index contributed by atoms with van der Waals surface area (Å²) in [5.74, 6) is 0. The highest BCUT2D eigenvalue weighted by molar-refractivity contribution is 7.93. The molecule has 1 aliphatic rings. The largest absolute Gasteiger partial charge is 0.280 e. The lowest BCUT2D eigenvalue weighted by Crippen LogP contribution is -2.36. The average molecular weight is 445 g/mol. The lowest BCUT2D eigenvalue weighted by molar-refractivity contribution is 0.412. The number of anilines is 1. The van der Waals surface area contributed by atoms with E-state index in [4.69, 9.17) is 0 Å². The Morgan fingerprint density at radius 3 is 2.10 bits per heavy atom. The lowest BCUT2D eigenvalue weighted by Gasteiger charge is -2.22. The first-order chi connectivity index (χ1) is 14.4. The van der Waals surface area contributed by atoms with Crippen LogP contribution in [0.5, 0.6) is 0 Å². The summed E-state index contributed by atoms with van der Waals surface area (Å²) in [7, 11) is -7.45. The van der Waals surface area contributed by atoms with E-state index in [1.165, 1.54) is 24.3 Å². The van der Waals surface area contributed by atoms with E-state index >= 15 is 0 Å². The molecule has 0 aliphatic heterocycles. The summed E-state index contributed by atoms with van der Waals surface area (Å²) < 4.78 is 56.4. The van der Waals surface area contributed by atoms with E-state index in [1.807, 2.05) is 18.2 Å². The zero-order chi connectivity index (χ0) is 21.2. The van der Waals surface area contributed by atoms with Gasteiger partial charge in [-0.2, -0.15) is 0 Å². The summed E-state index contributed by atoms with van der Waals surface area (Å²) in [6, 6.07) is 18.1. The van der Waals surface area contributed by atoms with E-state index in [1.54, 1.807) is 24.3 Å². The van der Waals surface area contributed by atoms with Crippen LogP contribution in [0, 0.1) is 0 Å². The van der Waals surface area contributed by atoms with Crippen molar-refractivity contribution in [3.8, 4) is 0 Å². The van der Waals surface area contributed by atoms with Gasteiger partial charge in [0.1, 0.15) is 0 Å². The van der Waals surface area contributed by atoms with Gasteiger partial charge in [0.25, 0.3) is 10.0 Å². The second-order valence-electron chi connectivity index (χ2n) is 7.56. The molecule has 0 aromatic heterocycles. The highest BCUT2D eigenvalue weighted by Crippen LogP contribution is 2.26. The Morgan fingerprint density at radius 2 is 1.37 bits per heavy atom. The minimum Gasteiger partial charge on any atom is -0.280 e. The van der Waals surface area contributed by atoms with Gasteiger partial charge in [-0.25, -0.2) is 21.6 Å². The maximum atomic E-state index is 12.9. The quantitative estimate of drug-likeness (QED) is 0.594. The molecular formula is C22H24N2O4S2. The van der Waals surface area contributed by atoms with E-state index < -0.39 is 20.0 Å². The predicted molar refractivity (Wildman–Crippen MR) is 118 cm³/mol. The summed E-state index contributed by atoms with van der Waals surface area (Å²) in [5.41, 5.74) is 0.305. The zero-order valence-corrected chi connectivity index (χ0v) is 18.0. The van der Waals surface area contributed by atoms with Crippen LogP contribution in [0.1, 0.15) is 32.1 Å². The average Bonchev–Trinajstić information content (AvgIpc) is 2.74. The molecule has 0 atom stereocenters. The van der Waals surface area contributed by atoms with E-state index in [9.17, 15) is 16.8 Å². The topological polar surface area (TPSA) is 92.3 Å². The van der Waals surface area contributed by atoms with Crippen molar-refractivity contribution in [1.29, 1.82) is 0 Å². The van der Waals surface area contributed by atoms with Crippen LogP contribution in [0.15, 0.2) is 76.5 Å². The number of hydrogen-bond donors (Lipinski definition) is 2. The van der Waals surface area contributed by atoms with Gasteiger partial charge in [-0.1, -0.05) is 55.7 Å². The number of benzene rings is 3. The fourth-order valence-corrected chi connectivity index (χ4v) is 6.44. The summed E-state index contributed by atoms with van der Waals surface area (Å²) in [4.78, 5) is 0.303. The van der Waals surface area contributed by atoms with E-state index in [0.717, 1.165) is 37.5 Å². The first kappa shape index (κ1) is 20.8. The van der Waals surface area contributed by atoms with Crippen molar-refractivity contribution in [3.05, 3.63) is 66.7 Å². The minimum atomic E-state index is -3.83. The number of nitrogens with one attached hydrogen (secondary N) is 2. The molecule has 3 aromatic carbocycles. The van der Waals surface area contributed by atoms with Crippen LogP contribution < -0.4 is 9.44 Å². The Hall–Kier alpha value is -2.42. The Balaban J connectivity index is 1.54. The van der Waals surface area contributed by atoms with Gasteiger partial charge >= 0.3 is 0 Å². The predicted octanol–water partition coefficient (Wildman–Crippen LogP) is 4.25. The molecule has 1 fully saturated rings. The number of sulfonamides is 2. The second-order valence-corrected chi connectivity index (χ2v) is 10.9. The third kappa shape index (κ3) is 4.50. The minimum absolute atomic E-state index is 0.0340. The van der Waals surface area contributed by atoms with Crippen LogP contribution in [0.3, 0.4) is 0 Å². The van der Waals surface area contributed by atoms with Crippen LogP contribution in [0.4, 0.5) is 5.69 Å². The monoisotopic (exact) mass is 444 g/mol. The molecule has 8 heteroatoms. The smallest absolute Gasteiger partial charge is 0.262 e. The molecule has 4 rings (SSSR count). The fourth-order valence-electron chi connectivity index (χ4n) is 3.85. The van der Waals surface area contributed by atoms with Crippen molar-refractivity contribution in [1.82, 2.24) is 4.72 Å². The normalized spacial score (nSPS) is 15.9. The van der Waals surface area contributed by atoms with Crippen molar-refractivity contribution < 1.29 is 16.8 Å². The molecule has 1 saturated carbocycles. The fraction of sp³-hybridized carbons (Fsp3) is 0.273. The summed E-state index contributed by atoms with van der Waals surface area (Å²) in [6.45, 7) is 0. The van der Waals surface area contributed by atoms with Crippen molar-refractivity contribution in [2.75, 3.05) is 4.72 Å². The van der Waals surface area contributed by atoms with E-state index in [2.05, 4.69) is 9.44 Å². The van der Waals surface area contributed by atoms with Gasteiger partial charge in [0, 0.05) is 17.1 Å². The second kappa shape index (κ2) is 8.37.